The van der Waals surface area contributed by atoms with Gasteiger partial charge in [0, 0.05) is 19.4 Å². The molecule has 0 aromatic heterocycles. The molecule has 3 aliphatic rings. The first-order valence-electron chi connectivity index (χ1n) is 9.21. The number of benzene rings is 1. The lowest BCUT2D eigenvalue weighted by atomic mass is 9.65. The summed E-state index contributed by atoms with van der Waals surface area (Å²) in [5, 5.41) is 10.3. The van der Waals surface area contributed by atoms with Gasteiger partial charge in [0.2, 0.25) is 0 Å². The molecule has 25 heavy (non-hydrogen) atoms. The Balaban J connectivity index is 1.40. The molecule has 4 rings (SSSR count). The van der Waals surface area contributed by atoms with Crippen molar-refractivity contribution in [3.05, 3.63) is 30.3 Å². The zero-order valence-corrected chi connectivity index (χ0v) is 14.9. The van der Waals surface area contributed by atoms with Crippen LogP contribution >= 0.6 is 0 Å². The first-order chi connectivity index (χ1) is 12.0. The van der Waals surface area contributed by atoms with Crippen molar-refractivity contribution in [2.45, 2.75) is 62.7 Å². The van der Waals surface area contributed by atoms with Crippen LogP contribution in [0.15, 0.2) is 30.3 Å². The van der Waals surface area contributed by atoms with Crippen LogP contribution in [-0.4, -0.2) is 48.9 Å². The Labute approximate surface area is 148 Å². The number of alkyl halides is 1. The molecule has 1 aromatic rings. The van der Waals surface area contributed by atoms with Crippen molar-refractivity contribution in [3.63, 3.8) is 0 Å². The molecule has 2 saturated carbocycles. The maximum absolute atomic E-state index is 14.2. The minimum Gasteiger partial charge on any atom is -0.493 e. The number of aliphatic hydroxyl groups excluding tert-OH is 1. The summed E-state index contributed by atoms with van der Waals surface area (Å²) in [6.07, 6.45) is 0.493. The summed E-state index contributed by atoms with van der Waals surface area (Å²) >= 11 is 0. The van der Waals surface area contributed by atoms with Crippen molar-refractivity contribution in [1.29, 1.82) is 0 Å². The van der Waals surface area contributed by atoms with E-state index in [9.17, 15) is 9.50 Å². The van der Waals surface area contributed by atoms with Gasteiger partial charge in [-0.3, -0.25) is 0 Å². The van der Waals surface area contributed by atoms with Crippen LogP contribution in [0.2, 0.25) is 0 Å². The number of aliphatic hydroxyl groups is 1. The van der Waals surface area contributed by atoms with E-state index in [4.69, 9.17) is 14.2 Å². The predicted octanol–water partition coefficient (Wildman–Crippen LogP) is 3.13. The molecule has 1 aliphatic heterocycles. The Morgan fingerprint density at radius 2 is 2.00 bits per heavy atom. The Hall–Kier alpha value is -1.17. The highest BCUT2D eigenvalue weighted by molar-refractivity contribution is 5.22. The quantitative estimate of drug-likeness (QED) is 0.801. The van der Waals surface area contributed by atoms with Crippen LogP contribution in [0.25, 0.3) is 0 Å². The Morgan fingerprint density at radius 1 is 1.28 bits per heavy atom. The third kappa shape index (κ3) is 2.96. The van der Waals surface area contributed by atoms with E-state index in [0.717, 1.165) is 25.0 Å². The Kier molecular flexibility index (Phi) is 4.29. The minimum absolute atomic E-state index is 0.0359. The van der Waals surface area contributed by atoms with E-state index >= 15 is 0 Å². The molecular formula is C20H27FO4. The third-order valence-corrected chi connectivity index (χ3v) is 6.45. The maximum atomic E-state index is 14.2. The van der Waals surface area contributed by atoms with Crippen molar-refractivity contribution in [2.75, 3.05) is 13.7 Å². The van der Waals surface area contributed by atoms with Gasteiger partial charge < -0.3 is 19.3 Å². The smallest absolute Gasteiger partial charge is 0.129 e. The monoisotopic (exact) mass is 350 g/mol. The topological polar surface area (TPSA) is 51.2 Å². The lowest BCUT2D eigenvalue weighted by molar-refractivity contribution is -0.146. The highest BCUT2D eigenvalue weighted by atomic mass is 19.1. The molecule has 5 heteroatoms. The van der Waals surface area contributed by atoms with Gasteiger partial charge in [-0.05, 0) is 43.7 Å². The normalized spacial score (nSPS) is 41.5. The van der Waals surface area contributed by atoms with E-state index in [1.54, 1.807) is 7.11 Å². The molecule has 1 aromatic carbocycles. The first kappa shape index (κ1) is 17.3. The van der Waals surface area contributed by atoms with Crippen molar-refractivity contribution in [3.8, 4) is 5.75 Å². The summed E-state index contributed by atoms with van der Waals surface area (Å²) in [4.78, 5) is 0. The molecule has 0 radical (unpaired) electrons. The second-order valence-corrected chi connectivity index (χ2v) is 7.99. The summed E-state index contributed by atoms with van der Waals surface area (Å²) in [7, 11) is 1.56. The van der Waals surface area contributed by atoms with Crippen molar-refractivity contribution in [2.24, 2.45) is 11.3 Å². The van der Waals surface area contributed by atoms with Gasteiger partial charge in [-0.15, -0.1) is 0 Å². The molecule has 0 amide bonds. The third-order valence-electron chi connectivity index (χ3n) is 6.45. The number of para-hydroxylation sites is 1. The number of methoxy groups -OCH3 is 1. The average molecular weight is 350 g/mol. The molecule has 1 saturated heterocycles. The first-order valence-corrected chi connectivity index (χ1v) is 9.21. The molecule has 0 bridgehead atoms. The van der Waals surface area contributed by atoms with Gasteiger partial charge in [-0.1, -0.05) is 18.2 Å². The molecule has 138 valence electrons. The summed E-state index contributed by atoms with van der Waals surface area (Å²) in [5.41, 5.74) is -0.429. The number of hydrogen-bond donors (Lipinski definition) is 1. The molecule has 4 nitrogen and oxygen atoms in total. The van der Waals surface area contributed by atoms with Crippen LogP contribution in [0.5, 0.6) is 5.75 Å². The average Bonchev–Trinajstić information content (AvgIpc) is 3.51. The SMILES string of the molecule is CO[C@@H]1[C@H](O)[C@@H](F)CC2(CC2)[C@H]1[C@@]1(C)O[C@@H]1CCOc1ccccc1. The molecule has 2 aliphatic carbocycles. The highest BCUT2D eigenvalue weighted by Crippen LogP contribution is 2.67. The molecule has 0 unspecified atom stereocenters. The largest absolute Gasteiger partial charge is 0.493 e. The fourth-order valence-corrected chi connectivity index (χ4v) is 4.96. The van der Waals surface area contributed by atoms with Crippen LogP contribution in [0, 0.1) is 11.3 Å². The van der Waals surface area contributed by atoms with Crippen LogP contribution in [0.3, 0.4) is 0 Å². The zero-order valence-electron chi connectivity index (χ0n) is 14.9. The Bertz CT molecular complexity index is 605. The van der Waals surface area contributed by atoms with Crippen LogP contribution in [-0.2, 0) is 9.47 Å². The zero-order chi connectivity index (χ0) is 17.7. The number of ether oxygens (including phenoxy) is 3. The summed E-state index contributed by atoms with van der Waals surface area (Å²) < 4.78 is 31.6. The highest BCUT2D eigenvalue weighted by Gasteiger charge is 2.71. The van der Waals surface area contributed by atoms with Crippen molar-refractivity contribution >= 4 is 0 Å². The fourth-order valence-electron chi connectivity index (χ4n) is 4.96. The predicted molar refractivity (Wildman–Crippen MR) is 91.3 cm³/mol. The number of rotatable bonds is 6. The van der Waals surface area contributed by atoms with Gasteiger partial charge in [0.05, 0.1) is 24.4 Å². The van der Waals surface area contributed by atoms with Gasteiger partial charge in [-0.25, -0.2) is 4.39 Å². The number of epoxide rings is 1. The molecule has 1 heterocycles. The van der Waals surface area contributed by atoms with Gasteiger partial charge in [0.15, 0.2) is 0 Å². The van der Waals surface area contributed by atoms with Gasteiger partial charge in [0.25, 0.3) is 0 Å². The summed E-state index contributed by atoms with van der Waals surface area (Å²) in [6.45, 7) is 2.66. The van der Waals surface area contributed by atoms with E-state index < -0.39 is 18.4 Å². The van der Waals surface area contributed by atoms with E-state index in [0.29, 0.717) is 13.0 Å². The fraction of sp³-hybridized carbons (Fsp3) is 0.700. The van der Waals surface area contributed by atoms with Crippen LogP contribution in [0.4, 0.5) is 4.39 Å². The molecular weight excluding hydrogens is 323 g/mol. The Morgan fingerprint density at radius 3 is 2.64 bits per heavy atom. The summed E-state index contributed by atoms with van der Waals surface area (Å²) in [6, 6.07) is 9.73. The van der Waals surface area contributed by atoms with Crippen LogP contribution in [0.1, 0.15) is 32.6 Å². The maximum Gasteiger partial charge on any atom is 0.129 e. The summed E-state index contributed by atoms with van der Waals surface area (Å²) in [5.74, 6) is 0.889. The molecule has 6 atom stereocenters. The molecule has 1 spiro atoms. The van der Waals surface area contributed by atoms with E-state index in [1.807, 2.05) is 30.3 Å². The molecule has 1 N–H and O–H groups in total. The van der Waals surface area contributed by atoms with Crippen molar-refractivity contribution in [1.82, 2.24) is 0 Å². The number of hydrogen-bond acceptors (Lipinski definition) is 4. The minimum atomic E-state index is -1.20. The van der Waals surface area contributed by atoms with Crippen LogP contribution < -0.4 is 4.74 Å². The van der Waals surface area contributed by atoms with E-state index in [-0.39, 0.29) is 23.0 Å². The van der Waals surface area contributed by atoms with Gasteiger partial charge in [0.1, 0.15) is 18.0 Å². The second-order valence-electron chi connectivity index (χ2n) is 7.99. The second kappa shape index (κ2) is 6.22. The van der Waals surface area contributed by atoms with E-state index in [1.165, 1.54) is 0 Å². The van der Waals surface area contributed by atoms with Gasteiger partial charge >= 0.3 is 0 Å². The standard InChI is InChI=1S/C20H27FO4/c1-19(15(25-19)8-11-24-13-6-4-3-5-7-13)18-17(23-2)16(22)14(21)12-20(18)9-10-20/h3-7,14-18,22H,8-12H2,1-2H3/t14-,15+,16+,17+,18+,19-/m0/s1. The molecule has 3 fully saturated rings. The van der Waals surface area contributed by atoms with Crippen molar-refractivity contribution < 1.29 is 23.7 Å². The number of halogens is 1. The van der Waals surface area contributed by atoms with E-state index in [2.05, 4.69) is 6.92 Å². The lowest BCUT2D eigenvalue weighted by Gasteiger charge is -2.44. The lowest BCUT2D eigenvalue weighted by Crippen LogP contribution is -2.55. The van der Waals surface area contributed by atoms with Gasteiger partial charge in [-0.2, -0.15) is 0 Å².